The predicted molar refractivity (Wildman–Crippen MR) is 87.1 cm³/mol. The highest BCUT2D eigenvalue weighted by molar-refractivity contribution is 5.49. The molecule has 0 spiro atoms. The summed E-state index contributed by atoms with van der Waals surface area (Å²) in [4.78, 5) is 4.62. The second kappa shape index (κ2) is 6.17. The molecule has 22 heavy (non-hydrogen) atoms. The van der Waals surface area contributed by atoms with Crippen molar-refractivity contribution >= 4 is 11.5 Å². The van der Waals surface area contributed by atoms with E-state index in [4.69, 9.17) is 0 Å². The van der Waals surface area contributed by atoms with Crippen LogP contribution in [0.1, 0.15) is 37.6 Å². The molecule has 0 aliphatic carbocycles. The van der Waals surface area contributed by atoms with Crippen LogP contribution in [0.3, 0.4) is 0 Å². The number of aromatic nitrogens is 5. The van der Waals surface area contributed by atoms with Crippen LogP contribution in [0.2, 0.25) is 0 Å². The maximum atomic E-state index is 4.62. The van der Waals surface area contributed by atoms with E-state index in [0.29, 0.717) is 0 Å². The Hall–Kier alpha value is -2.37. The van der Waals surface area contributed by atoms with Gasteiger partial charge in [-0.05, 0) is 25.8 Å². The number of aryl methyl sites for hydroxylation is 2. The summed E-state index contributed by atoms with van der Waals surface area (Å²) in [5.41, 5.74) is 3.16. The van der Waals surface area contributed by atoms with E-state index >= 15 is 0 Å². The molecule has 0 amide bonds. The molecule has 0 fully saturated rings. The van der Waals surface area contributed by atoms with E-state index in [1.807, 2.05) is 21.5 Å². The van der Waals surface area contributed by atoms with Gasteiger partial charge in [0.15, 0.2) is 5.65 Å². The molecule has 3 rings (SSSR count). The van der Waals surface area contributed by atoms with Crippen molar-refractivity contribution in [2.45, 2.75) is 39.7 Å². The number of nitrogens with zero attached hydrogens (tertiary/aromatic N) is 5. The summed E-state index contributed by atoms with van der Waals surface area (Å²) in [6.45, 7) is 7.15. The zero-order valence-electron chi connectivity index (χ0n) is 13.3. The Balaban J connectivity index is 1.79. The largest absolute Gasteiger partial charge is 0.368 e. The van der Waals surface area contributed by atoms with Gasteiger partial charge in [0.05, 0.1) is 18.4 Å². The van der Waals surface area contributed by atoms with Gasteiger partial charge >= 0.3 is 0 Å². The van der Waals surface area contributed by atoms with E-state index in [2.05, 4.69) is 53.5 Å². The molecule has 1 N–H and O–H groups in total. The van der Waals surface area contributed by atoms with E-state index in [9.17, 15) is 0 Å². The Kier molecular flexibility index (Phi) is 4.09. The van der Waals surface area contributed by atoms with E-state index in [1.54, 1.807) is 6.20 Å². The molecule has 0 aliphatic rings. The van der Waals surface area contributed by atoms with E-state index in [0.717, 1.165) is 36.5 Å². The summed E-state index contributed by atoms with van der Waals surface area (Å²) in [7, 11) is 0. The first kappa shape index (κ1) is 14.6. The summed E-state index contributed by atoms with van der Waals surface area (Å²) in [6.07, 6.45) is 7.78. The maximum Gasteiger partial charge on any atom is 0.157 e. The molecule has 116 valence electrons. The number of hydrogen-bond donors (Lipinski definition) is 1. The molecule has 6 nitrogen and oxygen atoms in total. The second-order valence-electron chi connectivity index (χ2n) is 5.71. The Morgan fingerprint density at radius 3 is 2.91 bits per heavy atom. The topological polar surface area (TPSA) is 60.0 Å². The molecule has 0 unspecified atom stereocenters. The molecule has 0 aliphatic heterocycles. The molecule has 0 bridgehead atoms. The van der Waals surface area contributed by atoms with Crippen molar-refractivity contribution in [1.82, 2.24) is 24.4 Å². The van der Waals surface area contributed by atoms with Gasteiger partial charge in [-0.25, -0.2) is 4.98 Å². The SMILES string of the molecule is CCCc1cc(NC[C@@H](C)n2cc(C)cn2)n2nccc2n1. The highest BCUT2D eigenvalue weighted by Gasteiger charge is 2.09. The predicted octanol–water partition coefficient (Wildman–Crippen LogP) is 2.86. The van der Waals surface area contributed by atoms with Gasteiger partial charge in [-0.3, -0.25) is 4.68 Å². The normalized spacial score (nSPS) is 12.7. The van der Waals surface area contributed by atoms with Crippen molar-refractivity contribution in [3.63, 3.8) is 0 Å². The van der Waals surface area contributed by atoms with Crippen LogP contribution in [0.15, 0.2) is 30.7 Å². The standard InChI is InChI=1S/C16H22N6/c1-4-5-14-8-16(22-15(20-14)6-7-18-22)17-10-13(3)21-11-12(2)9-19-21/h6-9,11,13,17H,4-5,10H2,1-3H3/t13-/m1/s1. The summed E-state index contributed by atoms with van der Waals surface area (Å²) in [6, 6.07) is 4.29. The lowest BCUT2D eigenvalue weighted by Crippen LogP contribution is -2.18. The smallest absolute Gasteiger partial charge is 0.157 e. The minimum absolute atomic E-state index is 0.266. The highest BCUT2D eigenvalue weighted by Crippen LogP contribution is 2.15. The van der Waals surface area contributed by atoms with Gasteiger partial charge in [0.25, 0.3) is 0 Å². The van der Waals surface area contributed by atoms with Crippen LogP contribution < -0.4 is 5.32 Å². The Morgan fingerprint density at radius 1 is 1.32 bits per heavy atom. The van der Waals surface area contributed by atoms with Gasteiger partial charge < -0.3 is 5.32 Å². The third kappa shape index (κ3) is 2.95. The third-order valence-corrected chi connectivity index (χ3v) is 3.68. The zero-order chi connectivity index (χ0) is 15.5. The van der Waals surface area contributed by atoms with Crippen LogP contribution in [0.4, 0.5) is 5.82 Å². The first-order valence-electron chi connectivity index (χ1n) is 7.75. The van der Waals surface area contributed by atoms with E-state index < -0.39 is 0 Å². The fourth-order valence-corrected chi connectivity index (χ4v) is 2.50. The molecule has 3 aromatic heterocycles. The molecule has 0 saturated carbocycles. The summed E-state index contributed by atoms with van der Waals surface area (Å²) < 4.78 is 3.83. The number of fused-ring (bicyclic) bond motifs is 1. The third-order valence-electron chi connectivity index (χ3n) is 3.68. The van der Waals surface area contributed by atoms with Crippen LogP contribution in [0.25, 0.3) is 5.65 Å². The minimum Gasteiger partial charge on any atom is -0.368 e. The molecule has 0 radical (unpaired) electrons. The molecule has 3 aromatic rings. The first-order valence-corrected chi connectivity index (χ1v) is 7.75. The first-order chi connectivity index (χ1) is 10.7. The number of rotatable bonds is 6. The fraction of sp³-hybridized carbons (Fsp3) is 0.438. The number of nitrogens with one attached hydrogen (secondary N) is 1. The van der Waals surface area contributed by atoms with Crippen molar-refractivity contribution in [3.05, 3.63) is 42.0 Å². The van der Waals surface area contributed by atoms with Crippen LogP contribution in [0.5, 0.6) is 0 Å². The Labute approximate surface area is 130 Å². The van der Waals surface area contributed by atoms with E-state index in [-0.39, 0.29) is 6.04 Å². The van der Waals surface area contributed by atoms with Crippen molar-refractivity contribution in [2.75, 3.05) is 11.9 Å². The number of hydrogen-bond acceptors (Lipinski definition) is 4. The van der Waals surface area contributed by atoms with Gasteiger partial charge in [-0.15, -0.1) is 0 Å². The highest BCUT2D eigenvalue weighted by atomic mass is 15.3. The van der Waals surface area contributed by atoms with E-state index in [1.165, 1.54) is 5.56 Å². The van der Waals surface area contributed by atoms with Crippen LogP contribution in [0, 0.1) is 6.92 Å². The lowest BCUT2D eigenvalue weighted by molar-refractivity contribution is 0.511. The maximum absolute atomic E-state index is 4.62. The van der Waals surface area contributed by atoms with Crippen LogP contribution in [-0.2, 0) is 6.42 Å². The quantitative estimate of drug-likeness (QED) is 0.760. The van der Waals surface area contributed by atoms with Crippen molar-refractivity contribution in [2.24, 2.45) is 0 Å². The molecular formula is C16H22N6. The summed E-state index contributed by atoms with van der Waals surface area (Å²) in [5.74, 6) is 0.981. The lowest BCUT2D eigenvalue weighted by Gasteiger charge is -2.15. The molecule has 0 saturated heterocycles. The summed E-state index contributed by atoms with van der Waals surface area (Å²) in [5, 5.41) is 12.2. The lowest BCUT2D eigenvalue weighted by atomic mass is 10.2. The van der Waals surface area contributed by atoms with Crippen molar-refractivity contribution in [1.29, 1.82) is 0 Å². The fourth-order valence-electron chi connectivity index (χ4n) is 2.50. The molecule has 3 heterocycles. The zero-order valence-corrected chi connectivity index (χ0v) is 13.3. The molecule has 0 aromatic carbocycles. The van der Waals surface area contributed by atoms with Gasteiger partial charge in [0, 0.05) is 30.6 Å². The van der Waals surface area contributed by atoms with Crippen molar-refractivity contribution in [3.8, 4) is 0 Å². The van der Waals surface area contributed by atoms with Gasteiger partial charge in [-0.2, -0.15) is 14.7 Å². The van der Waals surface area contributed by atoms with Crippen molar-refractivity contribution < 1.29 is 0 Å². The van der Waals surface area contributed by atoms with Gasteiger partial charge in [0.2, 0.25) is 0 Å². The van der Waals surface area contributed by atoms with Crippen LogP contribution in [-0.4, -0.2) is 30.9 Å². The van der Waals surface area contributed by atoms with Gasteiger partial charge in [0.1, 0.15) is 5.82 Å². The Morgan fingerprint density at radius 2 is 2.18 bits per heavy atom. The molecule has 1 atom stereocenters. The van der Waals surface area contributed by atoms with Crippen LogP contribution >= 0.6 is 0 Å². The van der Waals surface area contributed by atoms with Gasteiger partial charge in [-0.1, -0.05) is 13.3 Å². The second-order valence-corrected chi connectivity index (χ2v) is 5.71. The average molecular weight is 298 g/mol. The summed E-state index contributed by atoms with van der Waals surface area (Å²) >= 11 is 0. The average Bonchev–Trinajstić information content (AvgIpc) is 3.13. The number of anilines is 1. The Bertz CT molecular complexity index is 757. The molecule has 6 heteroatoms. The monoisotopic (exact) mass is 298 g/mol. The molecular weight excluding hydrogens is 276 g/mol. The minimum atomic E-state index is 0.266.